The minimum absolute atomic E-state index is 0.148. The van der Waals surface area contributed by atoms with Crippen LogP contribution in [-0.2, 0) is 16.0 Å². The van der Waals surface area contributed by atoms with Crippen LogP contribution < -0.4 is 5.32 Å². The predicted molar refractivity (Wildman–Crippen MR) is 112 cm³/mol. The number of nitrogens with one attached hydrogen (secondary N) is 1. The van der Waals surface area contributed by atoms with Crippen LogP contribution in [0.15, 0.2) is 72.1 Å². The van der Waals surface area contributed by atoms with Crippen molar-refractivity contribution in [2.75, 3.05) is 6.54 Å². The molecular formula is C23H21NO4S. The van der Waals surface area contributed by atoms with E-state index in [1.807, 2.05) is 30.3 Å². The van der Waals surface area contributed by atoms with Crippen molar-refractivity contribution in [2.45, 2.75) is 19.4 Å². The van der Waals surface area contributed by atoms with Crippen LogP contribution in [0.1, 0.15) is 38.1 Å². The molecule has 29 heavy (non-hydrogen) atoms. The molecule has 5 nitrogen and oxygen atoms in total. The molecular weight excluding hydrogens is 386 g/mol. The average molecular weight is 407 g/mol. The van der Waals surface area contributed by atoms with Gasteiger partial charge in [-0.15, -0.1) is 11.3 Å². The van der Waals surface area contributed by atoms with E-state index in [-0.39, 0.29) is 22.8 Å². The van der Waals surface area contributed by atoms with Gasteiger partial charge >= 0.3 is 5.97 Å². The molecule has 0 fully saturated rings. The third-order valence-corrected chi connectivity index (χ3v) is 5.21. The van der Waals surface area contributed by atoms with Crippen molar-refractivity contribution in [1.29, 1.82) is 0 Å². The average Bonchev–Trinajstić information content (AvgIpc) is 3.28. The van der Waals surface area contributed by atoms with E-state index in [2.05, 4.69) is 5.32 Å². The van der Waals surface area contributed by atoms with Gasteiger partial charge in [-0.05, 0) is 36.4 Å². The Hall–Kier alpha value is -3.25. The summed E-state index contributed by atoms with van der Waals surface area (Å²) in [5, 5.41) is 4.57. The molecule has 1 aromatic heterocycles. The Morgan fingerprint density at radius 2 is 1.62 bits per heavy atom. The second kappa shape index (κ2) is 9.80. The van der Waals surface area contributed by atoms with Crippen LogP contribution in [0, 0.1) is 0 Å². The van der Waals surface area contributed by atoms with Crippen LogP contribution in [0.4, 0.5) is 0 Å². The molecule has 3 aromatic rings. The van der Waals surface area contributed by atoms with Crippen LogP contribution >= 0.6 is 11.3 Å². The number of rotatable bonds is 8. The first-order chi connectivity index (χ1) is 14.1. The van der Waals surface area contributed by atoms with Crippen LogP contribution in [0.5, 0.6) is 0 Å². The monoisotopic (exact) mass is 407 g/mol. The van der Waals surface area contributed by atoms with Crippen LogP contribution in [0.25, 0.3) is 0 Å². The molecule has 0 unspecified atom stereocenters. The molecule has 1 N–H and O–H groups in total. The lowest BCUT2D eigenvalue weighted by Gasteiger charge is -2.15. The maximum absolute atomic E-state index is 12.7. The van der Waals surface area contributed by atoms with Gasteiger partial charge in [0.25, 0.3) is 5.91 Å². The predicted octanol–water partition coefficient (Wildman–Crippen LogP) is 3.88. The van der Waals surface area contributed by atoms with E-state index in [1.165, 1.54) is 24.3 Å². The molecule has 0 spiro atoms. The van der Waals surface area contributed by atoms with E-state index in [9.17, 15) is 14.4 Å². The van der Waals surface area contributed by atoms with Gasteiger partial charge in [-0.25, -0.2) is 4.79 Å². The Morgan fingerprint density at radius 3 is 2.31 bits per heavy atom. The number of ether oxygens (including phenoxy) is 1. The number of esters is 1. The summed E-state index contributed by atoms with van der Waals surface area (Å²) in [6.45, 7) is 1.96. The normalized spacial score (nSPS) is 11.5. The van der Waals surface area contributed by atoms with Crippen molar-refractivity contribution in [1.82, 2.24) is 5.32 Å². The zero-order valence-corrected chi connectivity index (χ0v) is 16.8. The smallest absolute Gasteiger partial charge is 0.339 e. The third kappa shape index (κ3) is 5.39. The SMILES string of the molecule is C[C@@H](OC(=O)c1ccccc1C(=O)c1cccs1)C(=O)NCCc1ccccc1. The van der Waals surface area contributed by atoms with Crippen molar-refractivity contribution in [3.63, 3.8) is 0 Å². The highest BCUT2D eigenvalue weighted by atomic mass is 32.1. The second-order valence-corrected chi connectivity index (χ2v) is 7.37. The van der Waals surface area contributed by atoms with Crippen molar-refractivity contribution in [3.05, 3.63) is 93.7 Å². The number of carbonyl (C=O) groups excluding carboxylic acids is 3. The zero-order valence-electron chi connectivity index (χ0n) is 16.0. The molecule has 0 radical (unpaired) electrons. The van der Waals surface area contributed by atoms with Crippen molar-refractivity contribution >= 4 is 29.0 Å². The first-order valence-electron chi connectivity index (χ1n) is 9.26. The number of carbonyl (C=O) groups is 3. The molecule has 0 aliphatic rings. The molecule has 0 saturated heterocycles. The molecule has 0 saturated carbocycles. The molecule has 0 aliphatic heterocycles. The van der Waals surface area contributed by atoms with Gasteiger partial charge in [-0.2, -0.15) is 0 Å². The van der Waals surface area contributed by atoms with E-state index in [1.54, 1.807) is 35.7 Å². The summed E-state index contributed by atoms with van der Waals surface area (Å²) in [6.07, 6.45) is -0.283. The van der Waals surface area contributed by atoms with E-state index in [4.69, 9.17) is 4.74 Å². The summed E-state index contributed by atoms with van der Waals surface area (Å²) < 4.78 is 5.31. The fourth-order valence-corrected chi connectivity index (χ4v) is 3.47. The Kier molecular flexibility index (Phi) is 6.92. The molecule has 148 valence electrons. The Morgan fingerprint density at radius 1 is 0.931 bits per heavy atom. The summed E-state index contributed by atoms with van der Waals surface area (Å²) >= 11 is 1.31. The van der Waals surface area contributed by atoms with E-state index >= 15 is 0 Å². The highest BCUT2D eigenvalue weighted by Crippen LogP contribution is 2.19. The zero-order chi connectivity index (χ0) is 20.6. The van der Waals surface area contributed by atoms with Crippen LogP contribution in [0.2, 0.25) is 0 Å². The van der Waals surface area contributed by atoms with E-state index < -0.39 is 12.1 Å². The van der Waals surface area contributed by atoms with E-state index in [0.29, 0.717) is 17.8 Å². The summed E-state index contributed by atoms with van der Waals surface area (Å²) in [7, 11) is 0. The van der Waals surface area contributed by atoms with Gasteiger partial charge in [-0.3, -0.25) is 9.59 Å². The summed E-state index contributed by atoms with van der Waals surface area (Å²) in [5.74, 6) is -1.32. The molecule has 6 heteroatoms. The summed E-state index contributed by atoms with van der Waals surface area (Å²) in [5.41, 5.74) is 1.52. The quantitative estimate of drug-likeness (QED) is 0.454. The molecule has 1 atom stereocenters. The number of thiophene rings is 1. The van der Waals surface area contributed by atoms with Gasteiger partial charge in [-0.1, -0.05) is 54.6 Å². The lowest BCUT2D eigenvalue weighted by molar-refractivity contribution is -0.129. The number of ketones is 1. The first-order valence-corrected chi connectivity index (χ1v) is 10.1. The fraction of sp³-hybridized carbons (Fsp3) is 0.174. The Labute approximate surface area is 173 Å². The van der Waals surface area contributed by atoms with Gasteiger partial charge in [0.1, 0.15) is 0 Å². The lowest BCUT2D eigenvalue weighted by Crippen LogP contribution is -2.37. The van der Waals surface area contributed by atoms with Gasteiger partial charge < -0.3 is 10.1 Å². The molecule has 0 bridgehead atoms. The minimum atomic E-state index is -0.969. The highest BCUT2D eigenvalue weighted by molar-refractivity contribution is 7.12. The molecule has 1 heterocycles. The first kappa shape index (κ1) is 20.5. The molecule has 3 rings (SSSR count). The highest BCUT2D eigenvalue weighted by Gasteiger charge is 2.23. The lowest BCUT2D eigenvalue weighted by atomic mass is 10.0. The number of hydrogen-bond donors (Lipinski definition) is 1. The number of benzene rings is 2. The maximum Gasteiger partial charge on any atom is 0.339 e. The van der Waals surface area contributed by atoms with Crippen molar-refractivity contribution in [3.8, 4) is 0 Å². The third-order valence-electron chi connectivity index (χ3n) is 4.35. The fourth-order valence-electron chi connectivity index (χ4n) is 2.80. The summed E-state index contributed by atoms with van der Waals surface area (Å²) in [4.78, 5) is 38.0. The van der Waals surface area contributed by atoms with Gasteiger partial charge in [0.05, 0.1) is 10.4 Å². The van der Waals surface area contributed by atoms with Crippen molar-refractivity contribution in [2.24, 2.45) is 0 Å². The second-order valence-electron chi connectivity index (χ2n) is 6.43. The molecule has 2 aromatic carbocycles. The Balaban J connectivity index is 1.59. The largest absolute Gasteiger partial charge is 0.449 e. The maximum atomic E-state index is 12.7. The number of amides is 1. The standard InChI is InChI=1S/C23H21NO4S/c1-16(22(26)24-14-13-17-8-3-2-4-9-17)28-23(27)19-11-6-5-10-18(19)21(25)20-12-7-15-29-20/h2-12,15-16H,13-14H2,1H3,(H,24,26)/t16-/m1/s1. The minimum Gasteiger partial charge on any atom is -0.449 e. The van der Waals surface area contributed by atoms with Crippen LogP contribution in [-0.4, -0.2) is 30.3 Å². The molecule has 1 amide bonds. The number of hydrogen-bond acceptors (Lipinski definition) is 5. The van der Waals surface area contributed by atoms with E-state index in [0.717, 1.165) is 5.56 Å². The van der Waals surface area contributed by atoms with Gasteiger partial charge in [0.2, 0.25) is 5.78 Å². The molecule has 0 aliphatic carbocycles. The van der Waals surface area contributed by atoms with Gasteiger partial charge in [0, 0.05) is 12.1 Å². The Bertz CT molecular complexity index is 983. The van der Waals surface area contributed by atoms with Crippen LogP contribution in [0.3, 0.4) is 0 Å². The summed E-state index contributed by atoms with van der Waals surface area (Å²) in [6, 6.07) is 19.7. The van der Waals surface area contributed by atoms with Crippen molar-refractivity contribution < 1.29 is 19.1 Å². The van der Waals surface area contributed by atoms with Gasteiger partial charge in [0.15, 0.2) is 6.10 Å². The topological polar surface area (TPSA) is 72.5 Å².